The standard InChI is InChI=1S/C20H19NO3/c1-13-12-24-20(15-6-9-16(10-7-15)21(22)23)18-11-8-14-4-2-3-5-17(14)19(13)18/h2-7,9-10,13,20H,8,11-12H2,1H3/t13-,20-/m0/s1. The zero-order valence-corrected chi connectivity index (χ0v) is 13.6. The zero-order valence-electron chi connectivity index (χ0n) is 13.6. The fraction of sp³-hybridized carbons (Fsp3) is 0.300. The Morgan fingerprint density at radius 2 is 1.83 bits per heavy atom. The third kappa shape index (κ3) is 2.43. The van der Waals surface area contributed by atoms with E-state index in [1.807, 2.05) is 12.1 Å². The van der Waals surface area contributed by atoms with Gasteiger partial charge in [-0.25, -0.2) is 0 Å². The molecule has 1 aliphatic carbocycles. The molecule has 0 spiro atoms. The number of hydrogen-bond donors (Lipinski definition) is 0. The molecule has 4 heteroatoms. The molecule has 4 nitrogen and oxygen atoms in total. The molecule has 4 rings (SSSR count). The molecule has 0 amide bonds. The van der Waals surface area contributed by atoms with Crippen LogP contribution < -0.4 is 0 Å². The average Bonchev–Trinajstić information content (AvgIpc) is 2.62. The van der Waals surface area contributed by atoms with E-state index in [1.165, 1.54) is 22.3 Å². The monoisotopic (exact) mass is 321 g/mol. The van der Waals surface area contributed by atoms with E-state index in [1.54, 1.807) is 12.1 Å². The van der Waals surface area contributed by atoms with Crippen molar-refractivity contribution in [1.29, 1.82) is 0 Å². The minimum absolute atomic E-state index is 0.0923. The summed E-state index contributed by atoms with van der Waals surface area (Å²) < 4.78 is 6.13. The highest BCUT2D eigenvalue weighted by atomic mass is 16.6. The maximum atomic E-state index is 10.9. The minimum Gasteiger partial charge on any atom is -0.368 e. The van der Waals surface area contributed by atoms with E-state index in [0.29, 0.717) is 12.5 Å². The summed E-state index contributed by atoms with van der Waals surface area (Å²) in [5.41, 5.74) is 6.62. The van der Waals surface area contributed by atoms with Crippen molar-refractivity contribution in [2.75, 3.05) is 6.61 Å². The molecule has 24 heavy (non-hydrogen) atoms. The van der Waals surface area contributed by atoms with Crippen LogP contribution in [0.2, 0.25) is 0 Å². The third-order valence-corrected chi connectivity index (χ3v) is 5.05. The first-order valence-corrected chi connectivity index (χ1v) is 8.32. The number of rotatable bonds is 2. The van der Waals surface area contributed by atoms with Crippen LogP contribution in [0.1, 0.15) is 36.1 Å². The van der Waals surface area contributed by atoms with Crippen LogP contribution >= 0.6 is 0 Å². The van der Waals surface area contributed by atoms with Gasteiger partial charge in [-0.1, -0.05) is 31.2 Å². The van der Waals surface area contributed by atoms with Gasteiger partial charge in [0.15, 0.2) is 0 Å². The van der Waals surface area contributed by atoms with Crippen molar-refractivity contribution >= 4 is 11.3 Å². The van der Waals surface area contributed by atoms with Crippen LogP contribution in [0.3, 0.4) is 0 Å². The molecule has 0 bridgehead atoms. The lowest BCUT2D eigenvalue weighted by atomic mass is 9.76. The molecule has 0 saturated heterocycles. The lowest BCUT2D eigenvalue weighted by Gasteiger charge is -2.37. The molecule has 2 aromatic carbocycles. The predicted octanol–water partition coefficient (Wildman–Crippen LogP) is 4.70. The van der Waals surface area contributed by atoms with Crippen molar-refractivity contribution < 1.29 is 9.66 Å². The number of nitro benzene ring substituents is 1. The molecular formula is C20H19NO3. The maximum absolute atomic E-state index is 10.9. The maximum Gasteiger partial charge on any atom is 0.269 e. The SMILES string of the molecule is C[C@H]1CO[C@@H](c2ccc([N+](=O)[O-])cc2)C2=C1c1ccccc1CC2. The molecule has 0 aromatic heterocycles. The molecule has 0 N–H and O–H groups in total. The lowest BCUT2D eigenvalue weighted by Crippen LogP contribution is -2.25. The number of aryl methyl sites for hydroxylation is 1. The Hall–Kier alpha value is -2.46. The van der Waals surface area contributed by atoms with Gasteiger partial charge in [-0.15, -0.1) is 0 Å². The molecule has 2 atom stereocenters. The highest BCUT2D eigenvalue weighted by molar-refractivity contribution is 5.76. The summed E-state index contributed by atoms with van der Waals surface area (Å²) in [6.45, 7) is 2.89. The predicted molar refractivity (Wildman–Crippen MR) is 92.6 cm³/mol. The van der Waals surface area contributed by atoms with Gasteiger partial charge in [-0.3, -0.25) is 10.1 Å². The zero-order chi connectivity index (χ0) is 16.7. The Kier molecular flexibility index (Phi) is 3.69. The Balaban J connectivity index is 1.78. The normalized spacial score (nSPS) is 22.7. The first-order chi connectivity index (χ1) is 11.6. The topological polar surface area (TPSA) is 52.4 Å². The second kappa shape index (κ2) is 5.87. The Morgan fingerprint density at radius 3 is 2.58 bits per heavy atom. The van der Waals surface area contributed by atoms with Crippen LogP contribution in [0.5, 0.6) is 0 Å². The average molecular weight is 321 g/mol. The molecule has 2 aromatic rings. The van der Waals surface area contributed by atoms with Crippen molar-refractivity contribution in [3.05, 3.63) is 80.9 Å². The van der Waals surface area contributed by atoms with E-state index >= 15 is 0 Å². The van der Waals surface area contributed by atoms with E-state index in [-0.39, 0.29) is 16.7 Å². The summed E-state index contributed by atoms with van der Waals surface area (Å²) in [5.74, 6) is 0.371. The van der Waals surface area contributed by atoms with Crippen molar-refractivity contribution in [1.82, 2.24) is 0 Å². The Labute approximate surface area is 140 Å². The quantitative estimate of drug-likeness (QED) is 0.595. The van der Waals surface area contributed by atoms with Crippen LogP contribution in [0, 0.1) is 16.0 Å². The smallest absolute Gasteiger partial charge is 0.269 e. The van der Waals surface area contributed by atoms with Crippen molar-refractivity contribution in [2.24, 2.45) is 5.92 Å². The summed E-state index contributed by atoms with van der Waals surface area (Å²) in [4.78, 5) is 10.5. The van der Waals surface area contributed by atoms with Crippen molar-refractivity contribution in [3.8, 4) is 0 Å². The second-order valence-electron chi connectivity index (χ2n) is 6.56. The third-order valence-electron chi connectivity index (χ3n) is 5.05. The molecule has 2 aliphatic rings. The van der Waals surface area contributed by atoms with E-state index in [4.69, 9.17) is 4.74 Å². The summed E-state index contributed by atoms with van der Waals surface area (Å²) in [6, 6.07) is 15.4. The summed E-state index contributed by atoms with van der Waals surface area (Å²) in [6.07, 6.45) is 1.91. The molecule has 1 heterocycles. The van der Waals surface area contributed by atoms with Gasteiger partial charge >= 0.3 is 0 Å². The van der Waals surface area contributed by atoms with Crippen molar-refractivity contribution in [2.45, 2.75) is 25.9 Å². The number of hydrogen-bond acceptors (Lipinski definition) is 3. The van der Waals surface area contributed by atoms with Gasteiger partial charge in [0.2, 0.25) is 0 Å². The van der Waals surface area contributed by atoms with E-state index in [0.717, 1.165) is 18.4 Å². The Bertz CT molecular complexity index is 823. The number of fused-ring (bicyclic) bond motifs is 2. The van der Waals surface area contributed by atoms with E-state index in [2.05, 4.69) is 31.2 Å². The largest absolute Gasteiger partial charge is 0.368 e. The number of nitro groups is 1. The Morgan fingerprint density at radius 1 is 1.08 bits per heavy atom. The first kappa shape index (κ1) is 15.1. The van der Waals surface area contributed by atoms with Crippen LogP contribution in [-0.2, 0) is 11.2 Å². The molecule has 0 radical (unpaired) electrons. The van der Waals surface area contributed by atoms with Gasteiger partial charge in [0.05, 0.1) is 11.5 Å². The van der Waals surface area contributed by atoms with Crippen LogP contribution in [0.25, 0.3) is 5.57 Å². The van der Waals surface area contributed by atoms with E-state index in [9.17, 15) is 10.1 Å². The molecule has 1 aliphatic heterocycles. The summed E-state index contributed by atoms with van der Waals surface area (Å²) in [7, 11) is 0. The molecule has 0 unspecified atom stereocenters. The van der Waals surface area contributed by atoms with Crippen LogP contribution in [0.4, 0.5) is 5.69 Å². The summed E-state index contributed by atoms with van der Waals surface area (Å²) >= 11 is 0. The highest BCUT2D eigenvalue weighted by Gasteiger charge is 2.33. The fourth-order valence-electron chi connectivity index (χ4n) is 3.93. The van der Waals surface area contributed by atoms with Gasteiger partial charge in [0.25, 0.3) is 5.69 Å². The number of ether oxygens (including phenoxy) is 1. The van der Waals surface area contributed by atoms with Crippen LogP contribution in [-0.4, -0.2) is 11.5 Å². The van der Waals surface area contributed by atoms with Gasteiger partial charge in [0.1, 0.15) is 6.10 Å². The number of benzene rings is 2. The van der Waals surface area contributed by atoms with Crippen LogP contribution in [0.15, 0.2) is 54.1 Å². The van der Waals surface area contributed by atoms with Crippen molar-refractivity contribution in [3.63, 3.8) is 0 Å². The first-order valence-electron chi connectivity index (χ1n) is 8.32. The number of non-ortho nitro benzene ring substituents is 1. The molecule has 0 fully saturated rings. The summed E-state index contributed by atoms with van der Waals surface area (Å²) in [5, 5.41) is 10.9. The van der Waals surface area contributed by atoms with Gasteiger partial charge < -0.3 is 4.74 Å². The second-order valence-corrected chi connectivity index (χ2v) is 6.56. The van der Waals surface area contributed by atoms with E-state index < -0.39 is 0 Å². The molecular weight excluding hydrogens is 302 g/mol. The van der Waals surface area contributed by atoms with Gasteiger partial charge in [-0.2, -0.15) is 0 Å². The number of nitrogens with zero attached hydrogens (tertiary/aromatic N) is 1. The van der Waals surface area contributed by atoms with Gasteiger partial charge in [-0.05, 0) is 52.8 Å². The lowest BCUT2D eigenvalue weighted by molar-refractivity contribution is -0.384. The highest BCUT2D eigenvalue weighted by Crippen LogP contribution is 2.46. The molecule has 0 saturated carbocycles. The fourth-order valence-corrected chi connectivity index (χ4v) is 3.93. The van der Waals surface area contributed by atoms with Gasteiger partial charge in [0, 0.05) is 18.1 Å². The molecule has 122 valence electrons. The minimum atomic E-state index is -0.366.